The molecule has 0 aliphatic heterocycles. The molecule has 0 aromatic rings. The van der Waals surface area contributed by atoms with Crippen LogP contribution in [0.4, 0.5) is 0 Å². The minimum atomic E-state index is -0.142. The zero-order valence-electron chi connectivity index (χ0n) is 6.62. The summed E-state index contributed by atoms with van der Waals surface area (Å²) >= 11 is 0. The van der Waals surface area contributed by atoms with Gasteiger partial charge in [0.1, 0.15) is 0 Å². The molecule has 1 saturated carbocycles. The van der Waals surface area contributed by atoms with Crippen LogP contribution in [0.1, 0.15) is 20.3 Å². The Kier molecular flexibility index (Phi) is 2.32. The fourth-order valence-corrected chi connectivity index (χ4v) is 1.70. The van der Waals surface area contributed by atoms with Crippen molar-refractivity contribution in [2.24, 2.45) is 17.8 Å². The second-order valence-corrected chi connectivity index (χ2v) is 3.28. The van der Waals surface area contributed by atoms with Gasteiger partial charge in [-0.3, -0.25) is 0 Å². The van der Waals surface area contributed by atoms with Crippen molar-refractivity contribution >= 4 is 0 Å². The second kappa shape index (κ2) is 2.89. The van der Waals surface area contributed by atoms with Crippen molar-refractivity contribution in [1.82, 2.24) is 0 Å². The van der Waals surface area contributed by atoms with Crippen LogP contribution < -0.4 is 0 Å². The molecule has 1 fully saturated rings. The Labute approximate surface area is 61.9 Å². The Balaban J connectivity index is 2.35. The minimum Gasteiger partial charge on any atom is -0.396 e. The van der Waals surface area contributed by atoms with Gasteiger partial charge >= 0.3 is 0 Å². The molecule has 0 saturated heterocycles. The minimum absolute atomic E-state index is 0.142. The maximum atomic E-state index is 9.22. The van der Waals surface area contributed by atoms with Gasteiger partial charge in [-0.05, 0) is 17.8 Å². The van der Waals surface area contributed by atoms with Gasteiger partial charge in [-0.1, -0.05) is 20.3 Å². The van der Waals surface area contributed by atoms with E-state index >= 15 is 0 Å². The highest BCUT2D eigenvalue weighted by molar-refractivity contribution is 4.97. The van der Waals surface area contributed by atoms with Crippen molar-refractivity contribution in [3.05, 3.63) is 0 Å². The van der Waals surface area contributed by atoms with Gasteiger partial charge < -0.3 is 10.2 Å². The Bertz CT molecular complexity index is 102. The van der Waals surface area contributed by atoms with Gasteiger partial charge in [-0.25, -0.2) is 0 Å². The molecule has 0 aromatic heterocycles. The summed E-state index contributed by atoms with van der Waals surface area (Å²) in [5.41, 5.74) is 0. The van der Waals surface area contributed by atoms with Crippen molar-refractivity contribution in [2.75, 3.05) is 6.61 Å². The number of hydrogen-bond donors (Lipinski definition) is 2. The first-order valence-electron chi connectivity index (χ1n) is 4.01. The maximum absolute atomic E-state index is 9.22. The third-order valence-corrected chi connectivity index (χ3v) is 2.70. The van der Waals surface area contributed by atoms with E-state index in [-0.39, 0.29) is 12.7 Å². The molecule has 2 nitrogen and oxygen atoms in total. The first-order valence-corrected chi connectivity index (χ1v) is 4.01. The third kappa shape index (κ3) is 1.18. The highest BCUT2D eigenvalue weighted by Gasteiger charge is 2.49. The monoisotopic (exact) mass is 144 g/mol. The van der Waals surface area contributed by atoms with Crippen molar-refractivity contribution in [2.45, 2.75) is 26.4 Å². The van der Waals surface area contributed by atoms with Crippen LogP contribution in [0, 0.1) is 17.8 Å². The van der Waals surface area contributed by atoms with Crippen LogP contribution >= 0.6 is 0 Å². The molecule has 0 unspecified atom stereocenters. The molecule has 0 spiro atoms. The molecular formula is C8H16O2. The Morgan fingerprint density at radius 1 is 1.50 bits per heavy atom. The third-order valence-electron chi connectivity index (χ3n) is 2.70. The molecule has 1 aliphatic rings. The average Bonchev–Trinajstić information content (AvgIpc) is 2.49. The highest BCUT2D eigenvalue weighted by Crippen LogP contribution is 2.45. The largest absolute Gasteiger partial charge is 0.396 e. The van der Waals surface area contributed by atoms with Crippen LogP contribution in [0.25, 0.3) is 0 Å². The first-order chi connectivity index (χ1) is 4.72. The van der Waals surface area contributed by atoms with Gasteiger partial charge in [0.05, 0.1) is 6.10 Å². The van der Waals surface area contributed by atoms with Crippen molar-refractivity contribution in [3.8, 4) is 0 Å². The van der Waals surface area contributed by atoms with Crippen LogP contribution in [-0.2, 0) is 0 Å². The van der Waals surface area contributed by atoms with E-state index in [1.54, 1.807) is 0 Å². The van der Waals surface area contributed by atoms with Gasteiger partial charge in [0.2, 0.25) is 0 Å². The Morgan fingerprint density at radius 2 is 2.00 bits per heavy atom. The lowest BCUT2D eigenvalue weighted by molar-refractivity contribution is 0.173. The summed E-state index contributed by atoms with van der Waals surface area (Å²) in [6.45, 7) is 4.31. The number of rotatable bonds is 3. The van der Waals surface area contributed by atoms with Crippen molar-refractivity contribution in [1.29, 1.82) is 0 Å². The molecule has 1 aliphatic carbocycles. The molecule has 10 heavy (non-hydrogen) atoms. The van der Waals surface area contributed by atoms with E-state index in [2.05, 4.69) is 6.92 Å². The van der Waals surface area contributed by atoms with Crippen LogP contribution in [0.2, 0.25) is 0 Å². The van der Waals surface area contributed by atoms with E-state index in [4.69, 9.17) is 5.11 Å². The molecule has 0 bridgehead atoms. The first kappa shape index (κ1) is 8.02. The zero-order chi connectivity index (χ0) is 7.72. The van der Waals surface area contributed by atoms with E-state index < -0.39 is 0 Å². The van der Waals surface area contributed by atoms with Gasteiger partial charge in [0.15, 0.2) is 0 Å². The van der Waals surface area contributed by atoms with Crippen LogP contribution in [-0.4, -0.2) is 22.9 Å². The molecule has 2 N–H and O–H groups in total. The maximum Gasteiger partial charge on any atom is 0.0604 e. The molecule has 1 rings (SSSR count). The standard InChI is InChI=1S/C8H16O2/c1-3-6(4-9)7-5(2)8(7)10/h5-10H,3-4H2,1-2H3/t5-,6-,7+,8+/m0/s1. The summed E-state index contributed by atoms with van der Waals surface area (Å²) in [5.74, 6) is 1.11. The van der Waals surface area contributed by atoms with Gasteiger partial charge in [0, 0.05) is 6.61 Å². The molecule has 60 valence electrons. The van der Waals surface area contributed by atoms with Crippen LogP contribution in [0.15, 0.2) is 0 Å². The number of aliphatic hydroxyl groups is 2. The number of aliphatic hydroxyl groups excluding tert-OH is 2. The van der Waals surface area contributed by atoms with Crippen molar-refractivity contribution < 1.29 is 10.2 Å². The van der Waals surface area contributed by atoms with E-state index in [0.717, 1.165) is 6.42 Å². The molecule has 0 heterocycles. The predicted molar refractivity (Wildman–Crippen MR) is 39.5 cm³/mol. The number of hydrogen-bond acceptors (Lipinski definition) is 2. The SMILES string of the molecule is CC[C@@H](CO)[C@H]1[C@H](C)[C@H]1O. The van der Waals surface area contributed by atoms with Crippen molar-refractivity contribution in [3.63, 3.8) is 0 Å². The lowest BCUT2D eigenvalue weighted by atomic mass is 10.0. The lowest BCUT2D eigenvalue weighted by Gasteiger charge is -2.08. The summed E-state index contributed by atoms with van der Waals surface area (Å²) in [6.07, 6.45) is 0.833. The average molecular weight is 144 g/mol. The summed E-state index contributed by atoms with van der Waals surface area (Å²) in [7, 11) is 0. The smallest absolute Gasteiger partial charge is 0.0604 e. The second-order valence-electron chi connectivity index (χ2n) is 3.28. The highest BCUT2D eigenvalue weighted by atomic mass is 16.3. The topological polar surface area (TPSA) is 40.5 Å². The molecule has 0 radical (unpaired) electrons. The lowest BCUT2D eigenvalue weighted by Crippen LogP contribution is -2.09. The predicted octanol–water partition coefficient (Wildman–Crippen LogP) is 0.632. The van der Waals surface area contributed by atoms with E-state index in [0.29, 0.717) is 17.8 Å². The van der Waals surface area contributed by atoms with Gasteiger partial charge in [-0.15, -0.1) is 0 Å². The summed E-state index contributed by atoms with van der Waals surface area (Å²) in [4.78, 5) is 0. The van der Waals surface area contributed by atoms with Gasteiger partial charge in [-0.2, -0.15) is 0 Å². The quantitative estimate of drug-likeness (QED) is 0.610. The fraction of sp³-hybridized carbons (Fsp3) is 1.00. The van der Waals surface area contributed by atoms with E-state index in [1.807, 2.05) is 6.92 Å². The van der Waals surface area contributed by atoms with E-state index in [9.17, 15) is 5.11 Å². The molecular weight excluding hydrogens is 128 g/mol. The van der Waals surface area contributed by atoms with E-state index in [1.165, 1.54) is 0 Å². The Morgan fingerprint density at radius 3 is 2.10 bits per heavy atom. The molecule has 0 amide bonds. The molecule has 2 heteroatoms. The van der Waals surface area contributed by atoms with Crippen LogP contribution in [0.3, 0.4) is 0 Å². The molecule has 0 aromatic carbocycles. The zero-order valence-corrected chi connectivity index (χ0v) is 6.62. The van der Waals surface area contributed by atoms with Gasteiger partial charge in [0.25, 0.3) is 0 Å². The molecule has 4 atom stereocenters. The van der Waals surface area contributed by atoms with Crippen LogP contribution in [0.5, 0.6) is 0 Å². The summed E-state index contributed by atoms with van der Waals surface area (Å²) in [5, 5.41) is 18.1. The summed E-state index contributed by atoms with van der Waals surface area (Å²) < 4.78 is 0. The fourth-order valence-electron chi connectivity index (χ4n) is 1.70. The Hall–Kier alpha value is -0.0800. The summed E-state index contributed by atoms with van der Waals surface area (Å²) in [6, 6.07) is 0. The normalized spacial score (nSPS) is 41.4.